The first-order valence-electron chi connectivity index (χ1n) is 6.43. The highest BCUT2D eigenvalue weighted by atomic mass is 14.2. The number of hydrogen-bond acceptors (Lipinski definition) is 0. The van der Waals surface area contributed by atoms with Crippen LogP contribution in [0.4, 0.5) is 0 Å². The maximum absolute atomic E-state index is 2.31. The molecule has 0 unspecified atom stereocenters. The third-order valence-electron chi connectivity index (χ3n) is 3.19. The number of aryl methyl sites for hydroxylation is 2. The summed E-state index contributed by atoms with van der Waals surface area (Å²) in [5.41, 5.74) is 8.54. The Bertz CT molecular complexity index is 486. The van der Waals surface area contributed by atoms with Crippen LogP contribution in [0.3, 0.4) is 0 Å². The maximum atomic E-state index is 2.31. The highest BCUT2D eigenvalue weighted by Crippen LogP contribution is 2.37. The van der Waals surface area contributed by atoms with E-state index in [1.165, 1.54) is 33.4 Å². The first kappa shape index (κ1) is 49.7. The second kappa shape index (κ2) is 21.5. The second-order valence-corrected chi connectivity index (χ2v) is 4.50. The van der Waals surface area contributed by atoms with Crippen molar-refractivity contribution in [3.63, 3.8) is 0 Å². The summed E-state index contributed by atoms with van der Waals surface area (Å²) < 4.78 is 0. The van der Waals surface area contributed by atoms with E-state index >= 15 is 0 Å². The first-order chi connectivity index (χ1) is 8.24. The molecule has 0 amide bonds. The third-order valence-corrected chi connectivity index (χ3v) is 3.19. The average Bonchev–Trinajstić information content (AvgIpc) is 2.67. The lowest BCUT2D eigenvalue weighted by Crippen LogP contribution is -1.81. The number of fused-ring (bicyclic) bond motifs is 3. The molecule has 0 saturated heterocycles. The van der Waals surface area contributed by atoms with E-state index in [1.54, 1.807) is 0 Å². The van der Waals surface area contributed by atoms with E-state index in [4.69, 9.17) is 0 Å². The molecule has 2 aromatic rings. The summed E-state index contributed by atoms with van der Waals surface area (Å²) in [7, 11) is 0. The molecule has 0 heterocycles. The van der Waals surface area contributed by atoms with E-state index in [1.807, 2.05) is 13.8 Å². The van der Waals surface area contributed by atoms with Crippen LogP contribution in [0.25, 0.3) is 11.1 Å². The van der Waals surface area contributed by atoms with E-state index < -0.39 is 0 Å². The van der Waals surface area contributed by atoms with Crippen LogP contribution in [0.5, 0.6) is 0 Å². The van der Waals surface area contributed by atoms with Crippen LogP contribution in [-0.2, 0) is 6.42 Å². The van der Waals surface area contributed by atoms with Gasteiger partial charge in [-0.25, -0.2) is 0 Å². The van der Waals surface area contributed by atoms with Crippen LogP contribution < -0.4 is 0 Å². The Morgan fingerprint density at radius 3 is 1.04 bits per heavy atom. The largest absolute Gasteiger partial charge is 0.0776 e. The van der Waals surface area contributed by atoms with Crippen molar-refractivity contribution in [3.05, 3.63) is 58.7 Å². The van der Waals surface area contributed by atoms with Crippen molar-refractivity contribution in [2.75, 3.05) is 0 Å². The lowest BCUT2D eigenvalue weighted by Gasteiger charge is -2.01. The minimum absolute atomic E-state index is 0. The van der Waals surface area contributed by atoms with Crippen LogP contribution in [0.15, 0.2) is 36.4 Å². The fourth-order valence-electron chi connectivity index (χ4n) is 2.47. The topological polar surface area (TPSA) is 0 Å². The molecule has 1 aliphatic rings. The number of rotatable bonds is 0. The Kier molecular flexibility index (Phi) is 41.1. The minimum atomic E-state index is 0. The van der Waals surface area contributed by atoms with Crippen molar-refractivity contribution >= 4 is 0 Å². The van der Waals surface area contributed by atoms with Crippen molar-refractivity contribution in [1.82, 2.24) is 0 Å². The number of benzene rings is 2. The van der Waals surface area contributed by atoms with Crippen molar-refractivity contribution in [2.45, 2.75) is 101 Å². The smallest absolute Gasteiger partial charge is 0.00133 e. The van der Waals surface area contributed by atoms with Crippen LogP contribution in [-0.4, -0.2) is 0 Å². The van der Waals surface area contributed by atoms with Crippen molar-refractivity contribution < 1.29 is 0 Å². The molecule has 0 aromatic heterocycles. The van der Waals surface area contributed by atoms with Gasteiger partial charge in [0.25, 0.3) is 0 Å². The van der Waals surface area contributed by atoms with Crippen molar-refractivity contribution in [2.24, 2.45) is 0 Å². The Morgan fingerprint density at radius 1 is 0.500 bits per heavy atom. The molecule has 0 radical (unpaired) electrons. The molecular weight excluding hydrogens is 312 g/mol. The quantitative estimate of drug-likeness (QED) is 0.370. The standard InChI is InChI=1S/C15H14.C2H6.9CH4/c1-10-3-5-14-12(7-10)9-13-8-11(2)4-6-15(13)14;1-2;;;;;;;;;/h3-8H,9H2,1-2H3;1-2H3;9*1H4. The molecule has 160 valence electrons. The predicted octanol–water partition coefficient (Wildman–Crippen LogP) is 10.6. The number of hydrogen-bond donors (Lipinski definition) is 0. The molecule has 26 heavy (non-hydrogen) atoms. The van der Waals surface area contributed by atoms with Gasteiger partial charge in [-0.15, -0.1) is 0 Å². The normalized spacial score (nSPS) is 7.38. The Balaban J connectivity index is -0.0000000476. The van der Waals surface area contributed by atoms with Gasteiger partial charge in [0.2, 0.25) is 0 Å². The van der Waals surface area contributed by atoms with E-state index in [-0.39, 0.29) is 66.8 Å². The van der Waals surface area contributed by atoms with E-state index in [9.17, 15) is 0 Å². The highest BCUT2D eigenvalue weighted by Gasteiger charge is 2.17. The summed E-state index contributed by atoms with van der Waals surface area (Å²) >= 11 is 0. The zero-order valence-corrected chi connectivity index (χ0v) is 11.2. The summed E-state index contributed by atoms with van der Waals surface area (Å²) in [6.07, 6.45) is 1.11. The lowest BCUT2D eigenvalue weighted by atomic mass is 10.0. The van der Waals surface area contributed by atoms with Crippen LogP contribution in [0.1, 0.15) is 103 Å². The Morgan fingerprint density at radius 2 is 0.769 bits per heavy atom. The fourth-order valence-corrected chi connectivity index (χ4v) is 2.47. The van der Waals surface area contributed by atoms with Gasteiger partial charge in [-0.3, -0.25) is 0 Å². The van der Waals surface area contributed by atoms with Crippen LogP contribution in [0, 0.1) is 13.8 Å². The summed E-state index contributed by atoms with van der Waals surface area (Å²) in [5.74, 6) is 0. The summed E-state index contributed by atoms with van der Waals surface area (Å²) in [6.45, 7) is 8.32. The van der Waals surface area contributed by atoms with Gasteiger partial charge in [0, 0.05) is 0 Å². The van der Waals surface area contributed by atoms with Gasteiger partial charge in [-0.1, -0.05) is 128 Å². The van der Waals surface area contributed by atoms with Gasteiger partial charge in [-0.05, 0) is 42.5 Å². The van der Waals surface area contributed by atoms with E-state index in [0.29, 0.717) is 0 Å². The molecule has 0 fully saturated rings. The van der Waals surface area contributed by atoms with Crippen molar-refractivity contribution in [1.29, 1.82) is 0 Å². The van der Waals surface area contributed by atoms with Crippen LogP contribution >= 0.6 is 0 Å². The summed E-state index contributed by atoms with van der Waals surface area (Å²) in [6, 6.07) is 13.5. The average molecular weight is 369 g/mol. The molecule has 0 bridgehead atoms. The van der Waals surface area contributed by atoms with Crippen molar-refractivity contribution in [3.8, 4) is 11.1 Å². The Labute approximate surface area is 171 Å². The monoisotopic (exact) mass is 368 g/mol. The third kappa shape index (κ3) is 9.80. The van der Waals surface area contributed by atoms with Gasteiger partial charge in [0.05, 0.1) is 0 Å². The second-order valence-electron chi connectivity index (χ2n) is 4.50. The van der Waals surface area contributed by atoms with E-state index in [0.717, 1.165) is 6.42 Å². The molecule has 0 spiro atoms. The molecule has 0 heteroatoms. The van der Waals surface area contributed by atoms with Gasteiger partial charge < -0.3 is 0 Å². The molecule has 3 rings (SSSR count). The molecule has 0 nitrogen and oxygen atoms in total. The van der Waals surface area contributed by atoms with Gasteiger partial charge in [0.15, 0.2) is 0 Å². The maximum Gasteiger partial charge on any atom is -0.00133 e. The molecule has 2 aromatic carbocycles. The minimum Gasteiger partial charge on any atom is -0.0776 e. The van der Waals surface area contributed by atoms with Crippen LogP contribution in [0.2, 0.25) is 0 Å². The van der Waals surface area contributed by atoms with Gasteiger partial charge in [-0.2, -0.15) is 0 Å². The first-order valence-corrected chi connectivity index (χ1v) is 6.43. The Hall–Kier alpha value is -1.56. The molecule has 0 saturated carbocycles. The molecule has 1 aliphatic carbocycles. The fraction of sp³-hybridized carbons (Fsp3) is 0.538. The predicted molar refractivity (Wildman–Crippen MR) is 136 cm³/mol. The summed E-state index contributed by atoms with van der Waals surface area (Å²) in [5, 5.41) is 0. The molecular formula is C26H56. The van der Waals surface area contributed by atoms with Gasteiger partial charge >= 0.3 is 0 Å². The SMILES string of the molecule is C.C.C.C.C.C.C.C.C.CC.Cc1ccc2c(c1)Cc1cc(C)ccc1-2. The lowest BCUT2D eigenvalue weighted by molar-refractivity contribution is 1.24. The zero-order valence-electron chi connectivity index (χ0n) is 11.2. The molecule has 0 aliphatic heterocycles. The molecule has 0 N–H and O–H groups in total. The summed E-state index contributed by atoms with van der Waals surface area (Å²) in [4.78, 5) is 0. The highest BCUT2D eigenvalue weighted by molar-refractivity contribution is 5.77. The van der Waals surface area contributed by atoms with E-state index in [2.05, 4.69) is 50.2 Å². The molecule has 0 atom stereocenters. The zero-order chi connectivity index (χ0) is 12.4. The van der Waals surface area contributed by atoms with Gasteiger partial charge in [0.1, 0.15) is 0 Å².